The quantitative estimate of drug-likeness (QED) is 0.364. The number of hydrogen-bond acceptors (Lipinski definition) is 6. The van der Waals surface area contributed by atoms with Gasteiger partial charge in [-0.1, -0.05) is 24.3 Å². The van der Waals surface area contributed by atoms with E-state index < -0.39 is 10.8 Å². The Bertz CT molecular complexity index is 1080. The van der Waals surface area contributed by atoms with Crippen molar-refractivity contribution in [2.24, 2.45) is 5.10 Å². The van der Waals surface area contributed by atoms with Gasteiger partial charge in [-0.3, -0.25) is 19.7 Å². The number of amides is 2. The van der Waals surface area contributed by atoms with Crippen LogP contribution in [-0.2, 0) is 0 Å². The number of hydrogen-bond donors (Lipinski definition) is 2. The van der Waals surface area contributed by atoms with E-state index in [4.69, 9.17) is 0 Å². The molecular weight excluding hydrogens is 392 g/mol. The molecule has 1 heterocycles. The SMILES string of the molecule is CC(=NNC(=O)c1cccc([N+](=O)[O-])c1)c1ccc(NC(=O)c2cccs2)cc1. The molecule has 3 rings (SSSR count). The lowest BCUT2D eigenvalue weighted by atomic mass is 10.1. The molecule has 0 aliphatic heterocycles. The largest absolute Gasteiger partial charge is 0.321 e. The number of non-ortho nitro benzene ring substituents is 1. The molecule has 0 aliphatic rings. The van der Waals surface area contributed by atoms with Crippen LogP contribution in [0.3, 0.4) is 0 Å². The molecule has 2 amide bonds. The van der Waals surface area contributed by atoms with Gasteiger partial charge in [-0.05, 0) is 42.1 Å². The molecule has 0 aliphatic carbocycles. The highest BCUT2D eigenvalue weighted by Gasteiger charge is 2.11. The molecule has 9 heteroatoms. The standard InChI is InChI=1S/C20H16N4O4S/c1-13(22-23-19(25)15-4-2-5-17(12-15)24(27)28)14-7-9-16(10-8-14)21-20(26)18-6-3-11-29-18/h2-12H,1H3,(H,21,26)(H,23,25). The number of nitro groups is 1. The average Bonchev–Trinajstić information content (AvgIpc) is 3.27. The van der Waals surface area contributed by atoms with E-state index in [0.717, 1.165) is 5.56 Å². The molecule has 2 aromatic carbocycles. The molecule has 0 spiro atoms. The Labute approximate surface area is 170 Å². The fourth-order valence-electron chi connectivity index (χ4n) is 2.42. The van der Waals surface area contributed by atoms with Crippen molar-refractivity contribution >= 4 is 40.2 Å². The van der Waals surface area contributed by atoms with Gasteiger partial charge in [0, 0.05) is 23.4 Å². The van der Waals surface area contributed by atoms with Crippen LogP contribution < -0.4 is 10.7 Å². The lowest BCUT2D eigenvalue weighted by Crippen LogP contribution is -2.19. The Morgan fingerprint density at radius 1 is 1.00 bits per heavy atom. The number of rotatable bonds is 6. The summed E-state index contributed by atoms with van der Waals surface area (Å²) in [6.45, 7) is 1.72. The average molecular weight is 408 g/mol. The Hall–Kier alpha value is -3.85. The normalized spacial score (nSPS) is 11.0. The molecule has 2 N–H and O–H groups in total. The van der Waals surface area contributed by atoms with Crippen LogP contribution in [0.1, 0.15) is 32.5 Å². The summed E-state index contributed by atoms with van der Waals surface area (Å²) >= 11 is 1.36. The van der Waals surface area contributed by atoms with E-state index in [1.54, 1.807) is 37.3 Å². The van der Waals surface area contributed by atoms with Gasteiger partial charge in [0.2, 0.25) is 0 Å². The molecule has 0 fully saturated rings. The zero-order valence-corrected chi connectivity index (χ0v) is 16.1. The van der Waals surface area contributed by atoms with E-state index in [2.05, 4.69) is 15.8 Å². The maximum Gasteiger partial charge on any atom is 0.271 e. The first-order valence-corrected chi connectivity index (χ1v) is 9.36. The van der Waals surface area contributed by atoms with Crippen LogP contribution in [0.5, 0.6) is 0 Å². The van der Waals surface area contributed by atoms with Crippen molar-refractivity contribution in [1.29, 1.82) is 0 Å². The third-order valence-electron chi connectivity index (χ3n) is 3.95. The number of anilines is 1. The number of carbonyl (C=O) groups is 2. The van der Waals surface area contributed by atoms with Gasteiger partial charge >= 0.3 is 0 Å². The summed E-state index contributed by atoms with van der Waals surface area (Å²) in [7, 11) is 0. The molecule has 8 nitrogen and oxygen atoms in total. The third-order valence-corrected chi connectivity index (χ3v) is 4.82. The van der Waals surface area contributed by atoms with Gasteiger partial charge in [0.15, 0.2) is 0 Å². The number of carbonyl (C=O) groups excluding carboxylic acids is 2. The van der Waals surface area contributed by atoms with E-state index in [0.29, 0.717) is 16.3 Å². The lowest BCUT2D eigenvalue weighted by molar-refractivity contribution is -0.384. The second kappa shape index (κ2) is 8.89. The van der Waals surface area contributed by atoms with Crippen LogP contribution in [0.25, 0.3) is 0 Å². The monoisotopic (exact) mass is 408 g/mol. The molecule has 0 radical (unpaired) electrons. The van der Waals surface area contributed by atoms with Crippen LogP contribution in [0.2, 0.25) is 0 Å². The summed E-state index contributed by atoms with van der Waals surface area (Å²) in [5, 5.41) is 19.5. The van der Waals surface area contributed by atoms with Crippen molar-refractivity contribution in [2.75, 3.05) is 5.32 Å². The molecule has 3 aromatic rings. The van der Waals surface area contributed by atoms with Crippen LogP contribution in [0.15, 0.2) is 71.1 Å². The summed E-state index contributed by atoms with van der Waals surface area (Å²) < 4.78 is 0. The first kappa shape index (κ1) is 19.9. The van der Waals surface area contributed by atoms with Crippen molar-refractivity contribution in [3.63, 3.8) is 0 Å². The van der Waals surface area contributed by atoms with E-state index in [9.17, 15) is 19.7 Å². The maximum absolute atomic E-state index is 12.2. The number of thiophene rings is 1. The van der Waals surface area contributed by atoms with Gasteiger partial charge in [0.25, 0.3) is 17.5 Å². The van der Waals surface area contributed by atoms with Crippen molar-refractivity contribution in [1.82, 2.24) is 5.43 Å². The summed E-state index contributed by atoms with van der Waals surface area (Å²) in [6.07, 6.45) is 0. The third kappa shape index (κ3) is 5.11. The molecule has 1 aromatic heterocycles. The molecule has 0 unspecified atom stereocenters. The van der Waals surface area contributed by atoms with Crippen LogP contribution in [0.4, 0.5) is 11.4 Å². The second-order valence-corrected chi connectivity index (χ2v) is 6.90. The number of hydrazone groups is 1. The minimum atomic E-state index is -0.565. The van der Waals surface area contributed by atoms with E-state index in [1.165, 1.54) is 35.6 Å². The Morgan fingerprint density at radius 3 is 2.41 bits per heavy atom. The molecule has 146 valence electrons. The predicted octanol–water partition coefficient (Wildman–Crippen LogP) is 4.06. The predicted molar refractivity (Wildman–Crippen MR) is 111 cm³/mol. The van der Waals surface area contributed by atoms with Crippen LogP contribution in [0, 0.1) is 10.1 Å². The van der Waals surface area contributed by atoms with Gasteiger partial charge < -0.3 is 5.32 Å². The molecule has 0 saturated heterocycles. The molecule has 29 heavy (non-hydrogen) atoms. The first-order chi connectivity index (χ1) is 13.9. The smallest absolute Gasteiger partial charge is 0.271 e. The summed E-state index contributed by atoms with van der Waals surface area (Å²) in [5.41, 5.74) is 4.29. The minimum Gasteiger partial charge on any atom is -0.321 e. The number of benzene rings is 2. The van der Waals surface area contributed by atoms with Gasteiger partial charge in [-0.25, -0.2) is 5.43 Å². The number of nitro benzene ring substituents is 1. The van der Waals surface area contributed by atoms with E-state index in [1.807, 2.05) is 11.4 Å². The highest BCUT2D eigenvalue weighted by Crippen LogP contribution is 2.15. The van der Waals surface area contributed by atoms with Crippen molar-refractivity contribution in [3.05, 3.63) is 92.2 Å². The summed E-state index contributed by atoms with van der Waals surface area (Å²) in [4.78, 5) is 35.1. The Morgan fingerprint density at radius 2 is 1.76 bits per heavy atom. The zero-order chi connectivity index (χ0) is 20.8. The molecule has 0 atom stereocenters. The Balaban J connectivity index is 1.63. The zero-order valence-electron chi connectivity index (χ0n) is 15.3. The fraction of sp³-hybridized carbons (Fsp3) is 0.0500. The lowest BCUT2D eigenvalue weighted by Gasteiger charge is -2.06. The van der Waals surface area contributed by atoms with Gasteiger partial charge in [0.1, 0.15) is 0 Å². The van der Waals surface area contributed by atoms with Gasteiger partial charge in [0.05, 0.1) is 15.5 Å². The Kier molecular flexibility index (Phi) is 6.10. The molecule has 0 bridgehead atoms. The highest BCUT2D eigenvalue weighted by atomic mass is 32.1. The summed E-state index contributed by atoms with van der Waals surface area (Å²) in [5.74, 6) is -0.727. The number of nitrogens with zero attached hydrogens (tertiary/aromatic N) is 2. The topological polar surface area (TPSA) is 114 Å². The van der Waals surface area contributed by atoms with Crippen LogP contribution in [-0.4, -0.2) is 22.4 Å². The van der Waals surface area contributed by atoms with Crippen molar-refractivity contribution < 1.29 is 14.5 Å². The van der Waals surface area contributed by atoms with Gasteiger partial charge in [-0.2, -0.15) is 5.10 Å². The van der Waals surface area contributed by atoms with Crippen LogP contribution >= 0.6 is 11.3 Å². The van der Waals surface area contributed by atoms with E-state index >= 15 is 0 Å². The summed E-state index contributed by atoms with van der Waals surface area (Å²) in [6, 6.07) is 16.0. The van der Waals surface area contributed by atoms with E-state index in [-0.39, 0.29) is 17.2 Å². The minimum absolute atomic E-state index is 0.141. The number of nitrogens with one attached hydrogen (secondary N) is 2. The maximum atomic E-state index is 12.2. The van der Waals surface area contributed by atoms with Gasteiger partial charge in [-0.15, -0.1) is 11.3 Å². The highest BCUT2D eigenvalue weighted by molar-refractivity contribution is 7.12. The first-order valence-electron chi connectivity index (χ1n) is 8.48. The second-order valence-electron chi connectivity index (χ2n) is 5.95. The fourth-order valence-corrected chi connectivity index (χ4v) is 3.04. The molecular formula is C20H16N4O4S. The van der Waals surface area contributed by atoms with Crippen molar-refractivity contribution in [3.8, 4) is 0 Å². The van der Waals surface area contributed by atoms with Crippen molar-refractivity contribution in [2.45, 2.75) is 6.92 Å². The molecule has 0 saturated carbocycles.